The number of anilines is 1. The van der Waals surface area contributed by atoms with Crippen LogP contribution in [0.2, 0.25) is 0 Å². The maximum absolute atomic E-state index is 14.6. The Kier molecular flexibility index (Phi) is 13.3. The normalized spacial score (nSPS) is 15.7. The van der Waals surface area contributed by atoms with Crippen LogP contribution in [0.3, 0.4) is 0 Å². The number of nitrogens with zero attached hydrogens (tertiary/aromatic N) is 2. The van der Waals surface area contributed by atoms with Gasteiger partial charge in [0, 0.05) is 32.8 Å². The highest BCUT2D eigenvalue weighted by molar-refractivity contribution is 14.0. The predicted octanol–water partition coefficient (Wildman–Crippen LogP) is 3.38. The summed E-state index contributed by atoms with van der Waals surface area (Å²) < 4.78 is 19.9. The molecule has 1 heterocycles. The van der Waals surface area contributed by atoms with Gasteiger partial charge in [-0.15, -0.1) is 24.0 Å². The molecule has 1 atom stereocenters. The quantitative estimate of drug-likeness (QED) is 0.243. The Hall–Kier alpha value is -1.13. The molecule has 30 heavy (non-hydrogen) atoms. The zero-order valence-electron chi connectivity index (χ0n) is 18.5. The van der Waals surface area contributed by atoms with Gasteiger partial charge in [-0.25, -0.2) is 9.38 Å². The second-order valence-electron chi connectivity index (χ2n) is 7.97. The fourth-order valence-corrected chi connectivity index (χ4v) is 3.62. The maximum atomic E-state index is 14.6. The number of hydrogen-bond acceptors (Lipinski definition) is 4. The minimum Gasteiger partial charge on any atom is -0.396 e. The highest BCUT2D eigenvalue weighted by Crippen LogP contribution is 2.22. The number of morpholine rings is 1. The van der Waals surface area contributed by atoms with Crippen molar-refractivity contribution in [2.75, 3.05) is 50.9 Å². The minimum absolute atomic E-state index is 0. The van der Waals surface area contributed by atoms with Crippen LogP contribution in [0.25, 0.3) is 0 Å². The monoisotopic (exact) mass is 536 g/mol. The zero-order chi connectivity index (χ0) is 21.1. The Labute approximate surface area is 197 Å². The van der Waals surface area contributed by atoms with Crippen LogP contribution in [-0.4, -0.2) is 57.1 Å². The molecule has 0 aliphatic carbocycles. The lowest BCUT2D eigenvalue weighted by Gasteiger charge is -2.29. The molecular weight excluding hydrogens is 498 g/mol. The van der Waals surface area contributed by atoms with Gasteiger partial charge in [0.15, 0.2) is 5.96 Å². The Morgan fingerprint density at radius 2 is 2.00 bits per heavy atom. The van der Waals surface area contributed by atoms with Gasteiger partial charge >= 0.3 is 0 Å². The van der Waals surface area contributed by atoms with Crippen LogP contribution >= 0.6 is 24.0 Å². The van der Waals surface area contributed by atoms with E-state index in [0.29, 0.717) is 50.4 Å². The van der Waals surface area contributed by atoms with Crippen molar-refractivity contribution in [1.29, 1.82) is 0 Å². The number of guanidine groups is 1. The van der Waals surface area contributed by atoms with Gasteiger partial charge in [0.1, 0.15) is 5.82 Å². The molecule has 1 aromatic rings. The van der Waals surface area contributed by atoms with Gasteiger partial charge in [-0.1, -0.05) is 19.9 Å². The highest BCUT2D eigenvalue weighted by Gasteiger charge is 2.15. The van der Waals surface area contributed by atoms with Gasteiger partial charge in [-0.2, -0.15) is 0 Å². The van der Waals surface area contributed by atoms with E-state index in [1.54, 1.807) is 6.07 Å². The molecule has 3 N–H and O–H groups in total. The second-order valence-corrected chi connectivity index (χ2v) is 7.97. The first-order valence-corrected chi connectivity index (χ1v) is 10.8. The first-order valence-electron chi connectivity index (χ1n) is 10.8. The third-order valence-electron chi connectivity index (χ3n) is 5.03. The molecule has 8 heteroatoms. The number of benzene rings is 1. The molecule has 2 rings (SSSR count). The fraction of sp³-hybridized carbons (Fsp3) is 0.682. The third-order valence-corrected chi connectivity index (χ3v) is 5.03. The molecule has 0 amide bonds. The largest absolute Gasteiger partial charge is 0.396 e. The molecule has 0 saturated carbocycles. The predicted molar refractivity (Wildman–Crippen MR) is 132 cm³/mol. The number of nitrogens with one attached hydrogen (secondary N) is 2. The van der Waals surface area contributed by atoms with E-state index in [1.807, 2.05) is 24.0 Å². The van der Waals surface area contributed by atoms with Gasteiger partial charge < -0.3 is 25.4 Å². The average Bonchev–Trinajstić information content (AvgIpc) is 2.70. The molecule has 6 nitrogen and oxygen atoms in total. The number of aliphatic hydroxyl groups is 1. The fourth-order valence-electron chi connectivity index (χ4n) is 3.62. The van der Waals surface area contributed by atoms with Crippen LogP contribution in [0.1, 0.15) is 39.2 Å². The molecule has 0 spiro atoms. The van der Waals surface area contributed by atoms with Crippen molar-refractivity contribution in [1.82, 2.24) is 10.6 Å². The Bertz CT molecular complexity index is 640. The molecule has 0 radical (unpaired) electrons. The first-order chi connectivity index (χ1) is 14.0. The van der Waals surface area contributed by atoms with E-state index in [4.69, 9.17) is 4.74 Å². The summed E-state index contributed by atoms with van der Waals surface area (Å²) in [6.07, 6.45) is 1.83. The lowest BCUT2D eigenvalue weighted by molar-refractivity contribution is 0.122. The number of aliphatic hydroxyl groups excluding tert-OH is 1. The smallest absolute Gasteiger partial charge is 0.191 e. The van der Waals surface area contributed by atoms with E-state index in [9.17, 15) is 9.50 Å². The van der Waals surface area contributed by atoms with E-state index in [1.165, 1.54) is 0 Å². The summed E-state index contributed by atoms with van der Waals surface area (Å²) in [5.74, 6) is 1.49. The molecule has 0 bridgehead atoms. The molecule has 1 aliphatic rings. The maximum Gasteiger partial charge on any atom is 0.191 e. The summed E-state index contributed by atoms with van der Waals surface area (Å²) in [6, 6.07) is 5.35. The van der Waals surface area contributed by atoms with Gasteiger partial charge in [-0.05, 0) is 49.3 Å². The van der Waals surface area contributed by atoms with Crippen molar-refractivity contribution < 1.29 is 14.2 Å². The van der Waals surface area contributed by atoms with Crippen LogP contribution < -0.4 is 15.5 Å². The molecule has 1 unspecified atom stereocenters. The van der Waals surface area contributed by atoms with Crippen LogP contribution in [0.4, 0.5) is 10.1 Å². The van der Waals surface area contributed by atoms with Gasteiger partial charge in [0.05, 0.1) is 25.4 Å². The molecule has 1 fully saturated rings. The second kappa shape index (κ2) is 14.8. The zero-order valence-corrected chi connectivity index (χ0v) is 20.8. The van der Waals surface area contributed by atoms with Gasteiger partial charge in [0.2, 0.25) is 0 Å². The van der Waals surface area contributed by atoms with E-state index in [2.05, 4.69) is 29.5 Å². The highest BCUT2D eigenvalue weighted by atomic mass is 127. The number of rotatable bonds is 10. The molecular formula is C22H38FIN4O2. The number of hydrogen-bond donors (Lipinski definition) is 3. The Morgan fingerprint density at radius 1 is 1.27 bits per heavy atom. The van der Waals surface area contributed by atoms with E-state index in [-0.39, 0.29) is 36.4 Å². The van der Waals surface area contributed by atoms with Crippen molar-refractivity contribution in [3.05, 3.63) is 29.6 Å². The SMILES string of the molecule is CCNC(=NCc1ccc(N2CCOCC2)c(F)c1)NCC(CCO)CC(C)C.I. The topological polar surface area (TPSA) is 69.1 Å². The average molecular weight is 536 g/mol. The lowest BCUT2D eigenvalue weighted by atomic mass is 9.94. The molecule has 1 aromatic carbocycles. The minimum atomic E-state index is -0.211. The molecule has 172 valence electrons. The van der Waals surface area contributed by atoms with Crippen molar-refractivity contribution in [3.63, 3.8) is 0 Å². The summed E-state index contributed by atoms with van der Waals surface area (Å²) in [5.41, 5.74) is 1.47. The van der Waals surface area contributed by atoms with Crippen molar-refractivity contribution in [2.24, 2.45) is 16.8 Å². The van der Waals surface area contributed by atoms with Crippen LogP contribution in [0.15, 0.2) is 23.2 Å². The number of aliphatic imine (C=N–C) groups is 1. The third kappa shape index (κ3) is 9.34. The standard InChI is InChI=1S/C22H37FN4O2.HI/c1-4-24-22(26-16-19(7-10-28)13-17(2)3)25-15-18-5-6-21(20(23)14-18)27-8-11-29-12-9-27;/h5-6,14,17,19,28H,4,7-13,15-16H2,1-3H3,(H2,24,25,26);1H. The summed E-state index contributed by atoms with van der Waals surface area (Å²) >= 11 is 0. The lowest BCUT2D eigenvalue weighted by Crippen LogP contribution is -2.40. The van der Waals surface area contributed by atoms with E-state index < -0.39 is 0 Å². The molecule has 0 aromatic heterocycles. The van der Waals surface area contributed by atoms with E-state index >= 15 is 0 Å². The van der Waals surface area contributed by atoms with Gasteiger partial charge in [-0.3, -0.25) is 0 Å². The summed E-state index contributed by atoms with van der Waals surface area (Å²) in [5, 5.41) is 15.9. The molecule has 1 saturated heterocycles. The summed E-state index contributed by atoms with van der Waals surface area (Å²) in [4.78, 5) is 6.63. The Morgan fingerprint density at radius 3 is 2.60 bits per heavy atom. The Balaban J connectivity index is 0.00000450. The van der Waals surface area contributed by atoms with Crippen LogP contribution in [0, 0.1) is 17.7 Å². The molecule has 1 aliphatic heterocycles. The van der Waals surface area contributed by atoms with E-state index in [0.717, 1.165) is 37.5 Å². The van der Waals surface area contributed by atoms with Crippen molar-refractivity contribution in [2.45, 2.75) is 40.2 Å². The van der Waals surface area contributed by atoms with Crippen LogP contribution in [-0.2, 0) is 11.3 Å². The summed E-state index contributed by atoms with van der Waals surface area (Å²) in [6.45, 7) is 11.2. The number of ether oxygens (including phenoxy) is 1. The number of halogens is 2. The summed E-state index contributed by atoms with van der Waals surface area (Å²) in [7, 11) is 0. The van der Waals surface area contributed by atoms with Crippen molar-refractivity contribution in [3.8, 4) is 0 Å². The van der Waals surface area contributed by atoms with Crippen molar-refractivity contribution >= 4 is 35.6 Å². The van der Waals surface area contributed by atoms with Gasteiger partial charge in [0.25, 0.3) is 0 Å². The van der Waals surface area contributed by atoms with Crippen LogP contribution in [0.5, 0.6) is 0 Å². The first kappa shape index (κ1) is 26.9.